The molecular weight excluding hydrogens is 482 g/mol. The van der Waals surface area contributed by atoms with Crippen molar-refractivity contribution in [3.05, 3.63) is 0 Å². The lowest BCUT2D eigenvalue weighted by atomic mass is 9.44. The van der Waals surface area contributed by atoms with E-state index in [1.165, 1.54) is 38.5 Å². The minimum absolute atomic E-state index is 0.156. The summed E-state index contributed by atoms with van der Waals surface area (Å²) in [7, 11) is 2.17. The Labute approximate surface area is 238 Å². The van der Waals surface area contributed by atoms with E-state index < -0.39 is 0 Å². The van der Waals surface area contributed by atoms with E-state index in [0.29, 0.717) is 41.4 Å². The number of likely N-dealkylation sites (N-methyl/N-ethyl adjacent to an activating group) is 1. The van der Waals surface area contributed by atoms with Crippen molar-refractivity contribution < 1.29 is 9.59 Å². The standard InChI is InChI=1S/C34H55N3O2/c1-25(8-7-9-32(39)35-18-5-6-19-37-22-20-36(4)21-23-37)29-12-13-30-28-11-10-26-24-27(38)14-16-33(26,2)31(28)15-17-34(29,30)3/h25-26,28-31H,7-24H2,1-4H3,(H,35,39)/t25-,26-,28+,29-,30+,31+,33+,34-/m1/s1. The summed E-state index contributed by atoms with van der Waals surface area (Å²) < 4.78 is 0. The SMILES string of the molecule is C[C@H](CCCC(=O)NCC#CCN1CCN(C)CC1)[C@H]1CC[C@H]2[C@@H]3CC[C@@H]4CC(=O)CC[C@]4(C)[C@H]3CC[C@]12C. The molecule has 8 atom stereocenters. The van der Waals surface area contributed by atoms with Gasteiger partial charge in [-0.3, -0.25) is 14.5 Å². The van der Waals surface area contributed by atoms with Crippen LogP contribution >= 0.6 is 0 Å². The number of fused-ring (bicyclic) bond motifs is 5. The van der Waals surface area contributed by atoms with Crippen molar-refractivity contribution in [3.8, 4) is 11.8 Å². The molecule has 0 aromatic rings. The van der Waals surface area contributed by atoms with Gasteiger partial charge in [0.05, 0.1) is 13.1 Å². The molecule has 1 N–H and O–H groups in total. The van der Waals surface area contributed by atoms with E-state index in [0.717, 1.165) is 88.5 Å². The maximum atomic E-state index is 12.4. The quantitative estimate of drug-likeness (QED) is 0.443. The van der Waals surface area contributed by atoms with E-state index in [-0.39, 0.29) is 5.91 Å². The van der Waals surface area contributed by atoms with Crippen molar-refractivity contribution in [2.24, 2.45) is 46.3 Å². The average molecular weight is 538 g/mol. The number of Topliss-reactive ketones (excluding diaryl/α,β-unsaturated/α-hetero) is 1. The van der Waals surface area contributed by atoms with Crippen molar-refractivity contribution >= 4 is 11.7 Å². The second-order valence-corrected chi connectivity index (χ2v) is 14.7. The van der Waals surface area contributed by atoms with Gasteiger partial charge in [0, 0.05) is 45.4 Å². The zero-order valence-corrected chi connectivity index (χ0v) is 25.4. The van der Waals surface area contributed by atoms with Gasteiger partial charge in [0.25, 0.3) is 0 Å². The molecule has 1 amide bonds. The van der Waals surface area contributed by atoms with Gasteiger partial charge in [0.15, 0.2) is 0 Å². The molecule has 0 spiro atoms. The third kappa shape index (κ3) is 6.13. The van der Waals surface area contributed by atoms with Crippen LogP contribution in [0.4, 0.5) is 0 Å². The lowest BCUT2D eigenvalue weighted by molar-refractivity contribution is -0.140. The minimum atomic E-state index is 0.156. The van der Waals surface area contributed by atoms with Gasteiger partial charge < -0.3 is 10.2 Å². The van der Waals surface area contributed by atoms with Crippen molar-refractivity contribution in [2.45, 2.75) is 97.8 Å². The number of hydrogen-bond donors (Lipinski definition) is 1. The molecule has 5 fully saturated rings. The van der Waals surface area contributed by atoms with Crippen molar-refractivity contribution in [2.75, 3.05) is 46.3 Å². The second-order valence-electron chi connectivity index (χ2n) is 14.7. The molecule has 1 aliphatic heterocycles. The molecule has 0 aromatic carbocycles. The maximum Gasteiger partial charge on any atom is 0.220 e. The Kier molecular flexibility index (Phi) is 9.14. The van der Waals surface area contributed by atoms with Crippen LogP contribution in [-0.4, -0.2) is 67.8 Å². The maximum absolute atomic E-state index is 12.4. The van der Waals surface area contributed by atoms with Crippen LogP contribution in [0.15, 0.2) is 0 Å². The van der Waals surface area contributed by atoms with Crippen LogP contribution in [0.2, 0.25) is 0 Å². The van der Waals surface area contributed by atoms with Gasteiger partial charge in [-0.25, -0.2) is 0 Å². The van der Waals surface area contributed by atoms with Crippen LogP contribution in [0.25, 0.3) is 0 Å². The Morgan fingerprint density at radius 2 is 1.77 bits per heavy atom. The fraction of sp³-hybridized carbons (Fsp3) is 0.882. The van der Waals surface area contributed by atoms with Gasteiger partial charge in [-0.1, -0.05) is 32.6 Å². The van der Waals surface area contributed by atoms with Crippen LogP contribution in [0.1, 0.15) is 97.8 Å². The lowest BCUT2D eigenvalue weighted by Crippen LogP contribution is -2.53. The second kappa shape index (κ2) is 12.2. The molecule has 5 aliphatic rings. The first-order valence-corrected chi connectivity index (χ1v) is 16.4. The van der Waals surface area contributed by atoms with Crippen molar-refractivity contribution in [1.29, 1.82) is 0 Å². The van der Waals surface area contributed by atoms with E-state index in [1.54, 1.807) is 0 Å². The van der Waals surface area contributed by atoms with Gasteiger partial charge in [0.1, 0.15) is 5.78 Å². The fourth-order valence-electron chi connectivity index (χ4n) is 10.3. The molecule has 5 rings (SSSR count). The molecule has 0 unspecified atom stereocenters. The molecule has 0 radical (unpaired) electrons. The summed E-state index contributed by atoms with van der Waals surface area (Å²) in [4.78, 5) is 29.4. The van der Waals surface area contributed by atoms with Gasteiger partial charge in [0.2, 0.25) is 5.91 Å². The first-order valence-electron chi connectivity index (χ1n) is 16.4. The Bertz CT molecular complexity index is 946. The molecular formula is C34H55N3O2. The summed E-state index contributed by atoms with van der Waals surface area (Å²) in [6.07, 6.45) is 13.8. The number of piperazine rings is 1. The Morgan fingerprint density at radius 1 is 1.00 bits per heavy atom. The Morgan fingerprint density at radius 3 is 2.56 bits per heavy atom. The highest BCUT2D eigenvalue weighted by Crippen LogP contribution is 2.68. The van der Waals surface area contributed by atoms with Gasteiger partial charge in [-0.05, 0) is 111 Å². The van der Waals surface area contributed by atoms with Crippen LogP contribution in [0, 0.1) is 58.2 Å². The zero-order chi connectivity index (χ0) is 27.6. The average Bonchev–Trinajstić information content (AvgIpc) is 3.27. The summed E-state index contributed by atoms with van der Waals surface area (Å²) in [6.45, 7) is 13.3. The van der Waals surface area contributed by atoms with Crippen molar-refractivity contribution in [3.63, 3.8) is 0 Å². The van der Waals surface area contributed by atoms with E-state index in [4.69, 9.17) is 0 Å². The summed E-state index contributed by atoms with van der Waals surface area (Å²) in [5.74, 6) is 11.8. The summed E-state index contributed by atoms with van der Waals surface area (Å²) in [5, 5.41) is 3.02. The highest BCUT2D eigenvalue weighted by atomic mass is 16.1. The minimum Gasteiger partial charge on any atom is -0.345 e. The van der Waals surface area contributed by atoms with Crippen LogP contribution < -0.4 is 5.32 Å². The molecule has 4 saturated carbocycles. The van der Waals surface area contributed by atoms with Gasteiger partial charge >= 0.3 is 0 Å². The van der Waals surface area contributed by atoms with Crippen molar-refractivity contribution in [1.82, 2.24) is 15.1 Å². The van der Waals surface area contributed by atoms with Crippen LogP contribution in [0.5, 0.6) is 0 Å². The summed E-state index contributed by atoms with van der Waals surface area (Å²) in [6, 6.07) is 0. The molecule has 5 nitrogen and oxygen atoms in total. The fourth-order valence-corrected chi connectivity index (χ4v) is 10.3. The van der Waals surface area contributed by atoms with Gasteiger partial charge in [-0.15, -0.1) is 0 Å². The number of ketones is 1. The third-order valence-electron chi connectivity index (χ3n) is 12.7. The largest absolute Gasteiger partial charge is 0.345 e. The third-order valence-corrected chi connectivity index (χ3v) is 12.7. The number of amides is 1. The highest BCUT2D eigenvalue weighted by Gasteiger charge is 2.60. The number of nitrogens with zero attached hydrogens (tertiary/aromatic N) is 2. The zero-order valence-electron chi connectivity index (χ0n) is 25.4. The highest BCUT2D eigenvalue weighted by molar-refractivity contribution is 5.79. The molecule has 1 saturated heterocycles. The molecule has 0 aromatic heterocycles. The molecule has 39 heavy (non-hydrogen) atoms. The predicted molar refractivity (Wildman–Crippen MR) is 158 cm³/mol. The van der Waals surface area contributed by atoms with Gasteiger partial charge in [-0.2, -0.15) is 0 Å². The van der Waals surface area contributed by atoms with Crippen LogP contribution in [-0.2, 0) is 9.59 Å². The Hall–Kier alpha value is -1.38. The van der Waals surface area contributed by atoms with Crippen LogP contribution in [0.3, 0.4) is 0 Å². The number of hydrogen-bond acceptors (Lipinski definition) is 4. The first kappa shape index (κ1) is 29.1. The smallest absolute Gasteiger partial charge is 0.220 e. The van der Waals surface area contributed by atoms with E-state index in [1.807, 2.05) is 0 Å². The number of rotatable bonds is 7. The van der Waals surface area contributed by atoms with E-state index in [9.17, 15) is 9.59 Å². The Balaban J connectivity index is 1.05. The first-order chi connectivity index (χ1) is 18.7. The topological polar surface area (TPSA) is 52.7 Å². The number of nitrogens with one attached hydrogen (secondary N) is 1. The molecule has 4 aliphatic carbocycles. The summed E-state index contributed by atoms with van der Waals surface area (Å²) >= 11 is 0. The molecule has 218 valence electrons. The van der Waals surface area contributed by atoms with E-state index >= 15 is 0 Å². The number of carbonyl (C=O) groups is 2. The predicted octanol–water partition coefficient (Wildman–Crippen LogP) is 5.39. The number of carbonyl (C=O) groups excluding carboxylic acids is 2. The molecule has 0 bridgehead atoms. The normalized spacial score (nSPS) is 39.6. The molecule has 1 heterocycles. The summed E-state index contributed by atoms with van der Waals surface area (Å²) in [5.41, 5.74) is 0.875. The lowest BCUT2D eigenvalue weighted by Gasteiger charge is -2.60. The van der Waals surface area contributed by atoms with E-state index in [2.05, 4.69) is 54.8 Å². The molecule has 5 heteroatoms. The monoisotopic (exact) mass is 537 g/mol.